The number of rotatable bonds is 7. The minimum atomic E-state index is -0.618. The zero-order valence-electron chi connectivity index (χ0n) is 11.7. The van der Waals surface area contributed by atoms with Crippen LogP contribution in [-0.2, 0) is 6.42 Å². The molecule has 2 rings (SSSR count). The van der Waals surface area contributed by atoms with Crippen LogP contribution < -0.4 is 5.32 Å². The maximum absolute atomic E-state index is 10.1. The summed E-state index contributed by atoms with van der Waals surface area (Å²) in [4.78, 5) is 0. The number of aliphatic hydroxyl groups excluding tert-OH is 2. The van der Waals surface area contributed by atoms with Gasteiger partial charge in [0, 0.05) is 17.6 Å². The van der Waals surface area contributed by atoms with Gasteiger partial charge in [-0.2, -0.15) is 0 Å². The van der Waals surface area contributed by atoms with E-state index in [0.717, 1.165) is 17.5 Å². The molecule has 2 aromatic rings. The standard InChI is InChI=1S/C17H20ClNO2/c18-15-8-6-14(7-9-15)17(21)11-19-16(12-20)10-13-4-2-1-3-5-13/h1-9,16-17,19-21H,10-12H2. The lowest BCUT2D eigenvalue weighted by Crippen LogP contribution is -2.37. The van der Waals surface area contributed by atoms with Crippen molar-refractivity contribution in [3.8, 4) is 0 Å². The molecule has 3 N–H and O–H groups in total. The van der Waals surface area contributed by atoms with E-state index in [1.165, 1.54) is 0 Å². The van der Waals surface area contributed by atoms with Crippen LogP contribution in [0.1, 0.15) is 17.2 Å². The Labute approximate surface area is 130 Å². The van der Waals surface area contributed by atoms with Crippen molar-refractivity contribution < 1.29 is 10.2 Å². The smallest absolute Gasteiger partial charge is 0.0914 e. The van der Waals surface area contributed by atoms with E-state index in [1.807, 2.05) is 30.3 Å². The van der Waals surface area contributed by atoms with Crippen LogP contribution in [0.3, 0.4) is 0 Å². The molecular formula is C17H20ClNO2. The van der Waals surface area contributed by atoms with Crippen LogP contribution in [0, 0.1) is 0 Å². The molecule has 112 valence electrons. The van der Waals surface area contributed by atoms with Crippen molar-refractivity contribution in [2.24, 2.45) is 0 Å². The summed E-state index contributed by atoms with van der Waals surface area (Å²) in [5, 5.41) is 23.4. The molecule has 0 saturated carbocycles. The summed E-state index contributed by atoms with van der Waals surface area (Å²) in [7, 11) is 0. The molecule has 0 aliphatic carbocycles. The molecular weight excluding hydrogens is 286 g/mol. The largest absolute Gasteiger partial charge is 0.395 e. The molecule has 3 nitrogen and oxygen atoms in total. The van der Waals surface area contributed by atoms with Crippen molar-refractivity contribution in [2.45, 2.75) is 18.6 Å². The summed E-state index contributed by atoms with van der Waals surface area (Å²) in [6.07, 6.45) is 0.108. The van der Waals surface area contributed by atoms with Crippen molar-refractivity contribution in [3.63, 3.8) is 0 Å². The Bertz CT molecular complexity index is 530. The van der Waals surface area contributed by atoms with Gasteiger partial charge in [-0.3, -0.25) is 0 Å². The van der Waals surface area contributed by atoms with Crippen LogP contribution in [0.2, 0.25) is 5.02 Å². The highest BCUT2D eigenvalue weighted by atomic mass is 35.5. The van der Waals surface area contributed by atoms with Gasteiger partial charge < -0.3 is 15.5 Å². The zero-order chi connectivity index (χ0) is 15.1. The highest BCUT2D eigenvalue weighted by molar-refractivity contribution is 6.30. The molecule has 0 fully saturated rings. The quantitative estimate of drug-likeness (QED) is 0.737. The van der Waals surface area contributed by atoms with Crippen LogP contribution in [0.5, 0.6) is 0 Å². The zero-order valence-corrected chi connectivity index (χ0v) is 12.5. The molecule has 0 aliphatic heterocycles. The number of nitrogens with one attached hydrogen (secondary N) is 1. The number of aliphatic hydroxyl groups is 2. The molecule has 21 heavy (non-hydrogen) atoms. The molecule has 2 aromatic carbocycles. The Morgan fingerprint density at radius 3 is 2.29 bits per heavy atom. The van der Waals surface area contributed by atoms with Gasteiger partial charge in [-0.15, -0.1) is 0 Å². The molecule has 0 aliphatic rings. The van der Waals surface area contributed by atoms with E-state index in [0.29, 0.717) is 11.6 Å². The first-order valence-electron chi connectivity index (χ1n) is 7.00. The average molecular weight is 306 g/mol. The Morgan fingerprint density at radius 2 is 1.67 bits per heavy atom. The fourth-order valence-corrected chi connectivity index (χ4v) is 2.31. The van der Waals surface area contributed by atoms with Gasteiger partial charge in [0.15, 0.2) is 0 Å². The number of benzene rings is 2. The van der Waals surface area contributed by atoms with Crippen LogP contribution in [0.25, 0.3) is 0 Å². The van der Waals surface area contributed by atoms with Gasteiger partial charge in [-0.05, 0) is 29.7 Å². The number of halogens is 1. The monoisotopic (exact) mass is 305 g/mol. The Morgan fingerprint density at radius 1 is 1.00 bits per heavy atom. The third kappa shape index (κ3) is 5.14. The first-order valence-corrected chi connectivity index (χ1v) is 7.38. The third-order valence-electron chi connectivity index (χ3n) is 3.40. The lowest BCUT2D eigenvalue weighted by molar-refractivity contribution is 0.158. The maximum atomic E-state index is 10.1. The van der Waals surface area contributed by atoms with Gasteiger partial charge in [-0.25, -0.2) is 0 Å². The molecule has 0 radical (unpaired) electrons. The average Bonchev–Trinajstić information content (AvgIpc) is 2.52. The summed E-state index contributed by atoms with van der Waals surface area (Å²) in [6.45, 7) is 0.419. The normalized spacial score (nSPS) is 13.9. The van der Waals surface area contributed by atoms with E-state index in [-0.39, 0.29) is 12.6 Å². The Hall–Kier alpha value is -1.39. The SMILES string of the molecule is OCC(Cc1ccccc1)NCC(O)c1ccc(Cl)cc1. The topological polar surface area (TPSA) is 52.5 Å². The third-order valence-corrected chi connectivity index (χ3v) is 3.65. The number of hydrogen-bond acceptors (Lipinski definition) is 3. The second kappa shape index (κ2) is 8.15. The molecule has 0 saturated heterocycles. The van der Waals surface area contributed by atoms with Crippen LogP contribution >= 0.6 is 11.6 Å². The second-order valence-electron chi connectivity index (χ2n) is 5.04. The van der Waals surface area contributed by atoms with Gasteiger partial charge in [0.1, 0.15) is 0 Å². The van der Waals surface area contributed by atoms with Crippen LogP contribution in [-0.4, -0.2) is 29.4 Å². The highest BCUT2D eigenvalue weighted by Gasteiger charge is 2.12. The second-order valence-corrected chi connectivity index (χ2v) is 5.48. The molecule has 2 unspecified atom stereocenters. The minimum absolute atomic E-state index is 0.0300. The van der Waals surface area contributed by atoms with Crippen LogP contribution in [0.15, 0.2) is 54.6 Å². The van der Waals surface area contributed by atoms with Gasteiger partial charge in [0.25, 0.3) is 0 Å². The predicted molar refractivity (Wildman–Crippen MR) is 85.4 cm³/mol. The van der Waals surface area contributed by atoms with E-state index in [1.54, 1.807) is 24.3 Å². The van der Waals surface area contributed by atoms with Gasteiger partial charge in [0.2, 0.25) is 0 Å². The molecule has 0 amide bonds. The maximum Gasteiger partial charge on any atom is 0.0914 e. The predicted octanol–water partition coefficient (Wildman–Crippen LogP) is 2.57. The van der Waals surface area contributed by atoms with Crippen molar-refractivity contribution >= 4 is 11.6 Å². The summed E-state index contributed by atoms with van der Waals surface area (Å²) in [5.41, 5.74) is 1.97. The van der Waals surface area contributed by atoms with E-state index >= 15 is 0 Å². The highest BCUT2D eigenvalue weighted by Crippen LogP contribution is 2.16. The summed E-state index contributed by atoms with van der Waals surface area (Å²) >= 11 is 5.83. The Balaban J connectivity index is 1.86. The molecule has 2 atom stereocenters. The summed E-state index contributed by atoms with van der Waals surface area (Å²) in [6, 6.07) is 17.0. The van der Waals surface area contributed by atoms with Gasteiger partial charge in [-0.1, -0.05) is 54.1 Å². The van der Waals surface area contributed by atoms with E-state index < -0.39 is 6.10 Å². The first kappa shape index (κ1) is 16.0. The molecule has 4 heteroatoms. The van der Waals surface area contributed by atoms with E-state index in [2.05, 4.69) is 5.32 Å². The van der Waals surface area contributed by atoms with Crippen molar-refractivity contribution in [3.05, 3.63) is 70.7 Å². The van der Waals surface area contributed by atoms with Crippen molar-refractivity contribution in [1.29, 1.82) is 0 Å². The fourth-order valence-electron chi connectivity index (χ4n) is 2.18. The van der Waals surface area contributed by atoms with Crippen molar-refractivity contribution in [2.75, 3.05) is 13.2 Å². The molecule has 0 spiro atoms. The van der Waals surface area contributed by atoms with E-state index in [9.17, 15) is 10.2 Å². The van der Waals surface area contributed by atoms with Gasteiger partial charge >= 0.3 is 0 Å². The minimum Gasteiger partial charge on any atom is -0.395 e. The van der Waals surface area contributed by atoms with Gasteiger partial charge in [0.05, 0.1) is 12.7 Å². The lowest BCUT2D eigenvalue weighted by atomic mass is 10.1. The molecule has 0 bridgehead atoms. The summed E-state index contributed by atoms with van der Waals surface area (Å²) in [5.74, 6) is 0. The Kier molecular flexibility index (Phi) is 6.21. The molecule has 0 aromatic heterocycles. The first-order chi connectivity index (χ1) is 10.2. The van der Waals surface area contributed by atoms with E-state index in [4.69, 9.17) is 11.6 Å². The molecule has 0 heterocycles. The fraction of sp³-hybridized carbons (Fsp3) is 0.294. The van der Waals surface area contributed by atoms with Crippen molar-refractivity contribution in [1.82, 2.24) is 5.32 Å². The lowest BCUT2D eigenvalue weighted by Gasteiger charge is -2.19. The number of hydrogen-bond donors (Lipinski definition) is 3. The summed E-state index contributed by atoms with van der Waals surface area (Å²) < 4.78 is 0. The van der Waals surface area contributed by atoms with Crippen LogP contribution in [0.4, 0.5) is 0 Å².